The Kier molecular flexibility index (Phi) is 7.74. The maximum Gasteiger partial charge on any atom is 0.303 e. The minimum Gasteiger partial charge on any atom is -0.490 e. The number of aryl methyl sites for hydroxylation is 1. The summed E-state index contributed by atoms with van der Waals surface area (Å²) in [6.45, 7) is 6.91. The second-order valence-corrected chi connectivity index (χ2v) is 9.90. The molecule has 1 aliphatic rings. The van der Waals surface area contributed by atoms with Crippen LogP contribution in [-0.2, 0) is 11.2 Å². The summed E-state index contributed by atoms with van der Waals surface area (Å²) in [6, 6.07) is 13.0. The SMILES string of the molecule is CC(C)(C)C1CCC(Oc2ccc(-c3cccc(CCCCC(=O)O)c3)c(F)c2)CC1. The molecule has 0 saturated heterocycles. The molecule has 0 radical (unpaired) electrons. The standard InChI is InChI=1S/C27H35FO3/c1-27(2,3)21-11-13-22(14-12-21)31-23-15-16-24(25(28)18-23)20-9-6-8-19(17-20)7-4-5-10-26(29)30/h6,8-9,15-18,21-22H,4-5,7,10-14H2,1-3H3,(H,29,30). The number of carbonyl (C=O) groups is 1. The van der Waals surface area contributed by atoms with E-state index in [1.54, 1.807) is 6.07 Å². The van der Waals surface area contributed by atoms with E-state index in [0.29, 0.717) is 23.1 Å². The number of aliphatic carboxylic acids is 1. The van der Waals surface area contributed by atoms with E-state index >= 15 is 0 Å². The summed E-state index contributed by atoms with van der Waals surface area (Å²) in [5, 5.41) is 8.75. The number of hydrogen-bond donors (Lipinski definition) is 1. The number of carboxylic acids is 1. The van der Waals surface area contributed by atoms with Crippen molar-refractivity contribution >= 4 is 5.97 Å². The number of benzene rings is 2. The van der Waals surface area contributed by atoms with E-state index in [0.717, 1.165) is 55.6 Å². The lowest BCUT2D eigenvalue weighted by Gasteiger charge is -2.36. The van der Waals surface area contributed by atoms with Gasteiger partial charge in [-0.25, -0.2) is 4.39 Å². The first kappa shape index (κ1) is 23.3. The van der Waals surface area contributed by atoms with Crippen LogP contribution in [-0.4, -0.2) is 17.2 Å². The van der Waals surface area contributed by atoms with Crippen molar-refractivity contribution in [1.82, 2.24) is 0 Å². The van der Waals surface area contributed by atoms with Crippen molar-refractivity contribution in [3.8, 4) is 16.9 Å². The largest absolute Gasteiger partial charge is 0.490 e. The highest BCUT2D eigenvalue weighted by Gasteiger charge is 2.30. The average molecular weight is 427 g/mol. The summed E-state index contributed by atoms with van der Waals surface area (Å²) in [5.74, 6) is 0.289. The Morgan fingerprint density at radius 3 is 2.45 bits per heavy atom. The van der Waals surface area contributed by atoms with Gasteiger partial charge in [-0.05, 0) is 79.5 Å². The van der Waals surface area contributed by atoms with Gasteiger partial charge in [0.1, 0.15) is 11.6 Å². The van der Waals surface area contributed by atoms with E-state index < -0.39 is 5.97 Å². The molecule has 0 aliphatic heterocycles. The Hall–Kier alpha value is -2.36. The second-order valence-electron chi connectivity index (χ2n) is 9.90. The van der Waals surface area contributed by atoms with E-state index in [-0.39, 0.29) is 18.3 Å². The van der Waals surface area contributed by atoms with Crippen molar-refractivity contribution in [2.75, 3.05) is 0 Å². The summed E-state index contributed by atoms with van der Waals surface area (Å²) < 4.78 is 21.0. The first-order valence-electron chi connectivity index (χ1n) is 11.5. The van der Waals surface area contributed by atoms with Crippen LogP contribution < -0.4 is 4.74 Å². The van der Waals surface area contributed by atoms with Crippen molar-refractivity contribution in [2.45, 2.75) is 78.2 Å². The molecule has 4 heteroatoms. The molecule has 0 atom stereocenters. The zero-order valence-electron chi connectivity index (χ0n) is 19.0. The highest BCUT2D eigenvalue weighted by atomic mass is 19.1. The third kappa shape index (κ3) is 6.81. The molecule has 0 spiro atoms. The van der Waals surface area contributed by atoms with Gasteiger partial charge in [0, 0.05) is 18.1 Å². The molecular formula is C27H35FO3. The first-order chi connectivity index (χ1) is 14.7. The predicted molar refractivity (Wildman–Crippen MR) is 123 cm³/mol. The number of hydrogen-bond acceptors (Lipinski definition) is 2. The van der Waals surface area contributed by atoms with Gasteiger partial charge in [-0.3, -0.25) is 4.79 Å². The van der Waals surface area contributed by atoms with Crippen molar-refractivity contribution < 1.29 is 19.0 Å². The summed E-state index contributed by atoms with van der Waals surface area (Å²) >= 11 is 0. The normalized spacial score (nSPS) is 19.2. The molecule has 1 saturated carbocycles. The number of ether oxygens (including phenoxy) is 1. The van der Waals surface area contributed by atoms with Crippen molar-refractivity contribution in [2.24, 2.45) is 11.3 Å². The first-order valence-corrected chi connectivity index (χ1v) is 11.5. The number of carboxylic acid groups (broad SMARTS) is 1. The van der Waals surface area contributed by atoms with Crippen LogP contribution in [0.1, 0.15) is 71.3 Å². The van der Waals surface area contributed by atoms with Crippen LogP contribution in [0.25, 0.3) is 11.1 Å². The van der Waals surface area contributed by atoms with Gasteiger partial charge in [-0.15, -0.1) is 0 Å². The van der Waals surface area contributed by atoms with E-state index in [1.165, 1.54) is 6.07 Å². The number of rotatable bonds is 8. The molecule has 31 heavy (non-hydrogen) atoms. The molecule has 0 heterocycles. The molecule has 0 aromatic heterocycles. The van der Waals surface area contributed by atoms with Crippen molar-refractivity contribution in [3.63, 3.8) is 0 Å². The van der Waals surface area contributed by atoms with Gasteiger partial charge >= 0.3 is 5.97 Å². The number of halogens is 1. The molecule has 1 N–H and O–H groups in total. The molecule has 1 fully saturated rings. The topological polar surface area (TPSA) is 46.5 Å². The third-order valence-corrected chi connectivity index (χ3v) is 6.49. The lowest BCUT2D eigenvalue weighted by Crippen LogP contribution is -2.30. The van der Waals surface area contributed by atoms with E-state index in [1.807, 2.05) is 30.3 Å². The van der Waals surface area contributed by atoms with Gasteiger partial charge in [-0.1, -0.05) is 45.0 Å². The summed E-state index contributed by atoms with van der Waals surface area (Å²) in [5.41, 5.74) is 2.84. The van der Waals surface area contributed by atoms with Gasteiger partial charge in [0.15, 0.2) is 0 Å². The van der Waals surface area contributed by atoms with E-state index in [9.17, 15) is 9.18 Å². The Bertz CT molecular complexity index is 876. The highest BCUT2D eigenvalue weighted by Crippen LogP contribution is 2.39. The Morgan fingerprint density at radius 2 is 1.81 bits per heavy atom. The maximum absolute atomic E-state index is 14.9. The molecule has 0 unspecified atom stereocenters. The Labute approximate surface area is 185 Å². The number of unbranched alkanes of at least 4 members (excludes halogenated alkanes) is 1. The maximum atomic E-state index is 14.9. The lowest BCUT2D eigenvalue weighted by molar-refractivity contribution is -0.137. The van der Waals surface area contributed by atoms with Crippen LogP contribution in [0.3, 0.4) is 0 Å². The molecule has 168 valence electrons. The van der Waals surface area contributed by atoms with Crippen molar-refractivity contribution in [1.29, 1.82) is 0 Å². The van der Waals surface area contributed by atoms with Crippen molar-refractivity contribution in [3.05, 3.63) is 53.8 Å². The van der Waals surface area contributed by atoms with Gasteiger partial charge in [-0.2, -0.15) is 0 Å². The molecule has 2 aromatic rings. The monoisotopic (exact) mass is 426 g/mol. The van der Waals surface area contributed by atoms with Gasteiger partial charge < -0.3 is 9.84 Å². The molecule has 2 aromatic carbocycles. The van der Waals surface area contributed by atoms with Crippen LogP contribution in [0.5, 0.6) is 5.75 Å². The molecular weight excluding hydrogens is 391 g/mol. The second kappa shape index (κ2) is 10.3. The molecule has 1 aliphatic carbocycles. The zero-order valence-corrected chi connectivity index (χ0v) is 19.0. The Balaban J connectivity index is 1.60. The quantitative estimate of drug-likeness (QED) is 0.451. The fraction of sp³-hybridized carbons (Fsp3) is 0.519. The highest BCUT2D eigenvalue weighted by molar-refractivity contribution is 5.67. The van der Waals surface area contributed by atoms with Crippen LogP contribution in [0, 0.1) is 17.2 Å². The smallest absolute Gasteiger partial charge is 0.303 e. The van der Waals surface area contributed by atoms with Gasteiger partial charge in [0.05, 0.1) is 6.10 Å². The predicted octanol–water partition coefficient (Wildman–Crippen LogP) is 7.27. The molecule has 3 nitrogen and oxygen atoms in total. The average Bonchev–Trinajstić information content (AvgIpc) is 2.71. The third-order valence-electron chi connectivity index (χ3n) is 6.49. The minimum atomic E-state index is -0.764. The molecule has 3 rings (SSSR count). The molecule has 0 amide bonds. The van der Waals surface area contributed by atoms with Crippen LogP contribution in [0.4, 0.5) is 4.39 Å². The minimum absolute atomic E-state index is 0.165. The van der Waals surface area contributed by atoms with Crippen LogP contribution in [0.15, 0.2) is 42.5 Å². The van der Waals surface area contributed by atoms with Crippen LogP contribution >= 0.6 is 0 Å². The summed E-state index contributed by atoms with van der Waals surface area (Å²) in [4.78, 5) is 10.6. The fourth-order valence-electron chi connectivity index (χ4n) is 4.54. The van der Waals surface area contributed by atoms with E-state index in [4.69, 9.17) is 9.84 Å². The van der Waals surface area contributed by atoms with E-state index in [2.05, 4.69) is 20.8 Å². The van der Waals surface area contributed by atoms with Crippen LogP contribution in [0.2, 0.25) is 0 Å². The molecule has 0 bridgehead atoms. The fourth-order valence-corrected chi connectivity index (χ4v) is 4.54. The summed E-state index contributed by atoms with van der Waals surface area (Å²) in [6.07, 6.45) is 6.97. The lowest BCUT2D eigenvalue weighted by atomic mass is 9.72. The zero-order chi connectivity index (χ0) is 22.4. The summed E-state index contributed by atoms with van der Waals surface area (Å²) in [7, 11) is 0. The Morgan fingerprint density at radius 1 is 1.06 bits per heavy atom. The van der Waals surface area contributed by atoms with Gasteiger partial charge in [0.2, 0.25) is 0 Å². The van der Waals surface area contributed by atoms with Gasteiger partial charge in [0.25, 0.3) is 0 Å².